The summed E-state index contributed by atoms with van der Waals surface area (Å²) >= 11 is 0. The van der Waals surface area contributed by atoms with E-state index in [1.807, 2.05) is 29.2 Å². The number of benzene rings is 1. The second-order valence-corrected chi connectivity index (χ2v) is 4.31. The van der Waals surface area contributed by atoms with Gasteiger partial charge in [0.15, 0.2) is 0 Å². The maximum atomic E-state index is 11.8. The standard InChI is InChI=1S/C15H17NO/c1-2-13-5-7-14(8-6-13)15(17)9-12-16-10-3-4-11-16/h5-8H,2-4,10-11H2,1H3. The van der Waals surface area contributed by atoms with Gasteiger partial charge in [0.05, 0.1) is 0 Å². The van der Waals surface area contributed by atoms with E-state index in [9.17, 15) is 4.79 Å². The number of hydrogen-bond acceptors (Lipinski definition) is 2. The van der Waals surface area contributed by atoms with E-state index in [0.717, 1.165) is 19.5 Å². The number of carbonyl (C=O) groups is 1. The Kier molecular flexibility index (Phi) is 3.82. The Hall–Kier alpha value is -1.75. The van der Waals surface area contributed by atoms with Crippen molar-refractivity contribution in [1.29, 1.82) is 0 Å². The molecule has 17 heavy (non-hydrogen) atoms. The molecule has 1 fully saturated rings. The maximum absolute atomic E-state index is 11.8. The third kappa shape index (κ3) is 3.10. The van der Waals surface area contributed by atoms with Crippen LogP contribution in [-0.4, -0.2) is 23.8 Å². The average molecular weight is 227 g/mol. The Morgan fingerprint density at radius 3 is 2.47 bits per heavy atom. The lowest BCUT2D eigenvalue weighted by Crippen LogP contribution is -2.12. The monoisotopic (exact) mass is 227 g/mol. The van der Waals surface area contributed by atoms with Crippen molar-refractivity contribution in [3.63, 3.8) is 0 Å². The van der Waals surface area contributed by atoms with Gasteiger partial charge < -0.3 is 4.90 Å². The fourth-order valence-corrected chi connectivity index (χ4v) is 1.92. The molecule has 2 rings (SSSR count). The van der Waals surface area contributed by atoms with Gasteiger partial charge in [-0.05, 0) is 30.7 Å². The third-order valence-corrected chi connectivity index (χ3v) is 3.06. The molecule has 88 valence electrons. The summed E-state index contributed by atoms with van der Waals surface area (Å²) in [6, 6.07) is 10.6. The molecular formula is C15H17NO. The zero-order chi connectivity index (χ0) is 12.1. The largest absolute Gasteiger partial charge is 0.332 e. The second kappa shape index (κ2) is 5.54. The van der Waals surface area contributed by atoms with Crippen LogP contribution in [0.5, 0.6) is 0 Å². The quantitative estimate of drug-likeness (QED) is 0.571. The molecular weight excluding hydrogens is 210 g/mol. The van der Waals surface area contributed by atoms with E-state index in [1.54, 1.807) is 0 Å². The normalized spacial score (nSPS) is 14.3. The summed E-state index contributed by atoms with van der Waals surface area (Å²) < 4.78 is 0. The summed E-state index contributed by atoms with van der Waals surface area (Å²) in [7, 11) is 0. The van der Waals surface area contributed by atoms with Crippen molar-refractivity contribution >= 4 is 5.78 Å². The fourth-order valence-electron chi connectivity index (χ4n) is 1.92. The zero-order valence-electron chi connectivity index (χ0n) is 10.2. The van der Waals surface area contributed by atoms with Gasteiger partial charge in [-0.15, -0.1) is 0 Å². The van der Waals surface area contributed by atoms with Gasteiger partial charge in [0.2, 0.25) is 5.78 Å². The first-order chi connectivity index (χ1) is 8.29. The van der Waals surface area contributed by atoms with Gasteiger partial charge in [0, 0.05) is 24.7 Å². The number of Topliss-reactive ketones (excluding diaryl/α,β-unsaturated/α-hetero) is 1. The van der Waals surface area contributed by atoms with Crippen LogP contribution in [0.1, 0.15) is 35.7 Å². The van der Waals surface area contributed by atoms with Crippen molar-refractivity contribution in [3.05, 3.63) is 35.4 Å². The minimum Gasteiger partial charge on any atom is -0.332 e. The number of aryl methyl sites for hydroxylation is 1. The lowest BCUT2D eigenvalue weighted by atomic mass is 10.1. The molecule has 0 bridgehead atoms. The molecule has 0 N–H and O–H groups in total. The highest BCUT2D eigenvalue weighted by Crippen LogP contribution is 2.07. The van der Waals surface area contributed by atoms with E-state index >= 15 is 0 Å². The molecule has 0 saturated carbocycles. The molecule has 1 aliphatic rings. The molecule has 1 saturated heterocycles. The second-order valence-electron chi connectivity index (χ2n) is 4.31. The van der Waals surface area contributed by atoms with E-state index in [2.05, 4.69) is 18.9 Å². The molecule has 1 aromatic rings. The molecule has 0 atom stereocenters. The van der Waals surface area contributed by atoms with Gasteiger partial charge in [-0.2, -0.15) is 0 Å². The zero-order valence-corrected chi connectivity index (χ0v) is 10.2. The Morgan fingerprint density at radius 1 is 1.24 bits per heavy atom. The Morgan fingerprint density at radius 2 is 1.88 bits per heavy atom. The van der Waals surface area contributed by atoms with E-state index in [4.69, 9.17) is 0 Å². The molecule has 0 radical (unpaired) electrons. The van der Waals surface area contributed by atoms with Gasteiger partial charge in [0.25, 0.3) is 0 Å². The van der Waals surface area contributed by atoms with Crippen molar-refractivity contribution < 1.29 is 4.79 Å². The van der Waals surface area contributed by atoms with Gasteiger partial charge in [-0.1, -0.05) is 31.2 Å². The minimum atomic E-state index is -0.0837. The smallest absolute Gasteiger partial charge is 0.237 e. The van der Waals surface area contributed by atoms with E-state index in [-0.39, 0.29) is 5.78 Å². The Balaban J connectivity index is 2.03. The number of carbonyl (C=O) groups excluding carboxylic acids is 1. The van der Waals surface area contributed by atoms with E-state index in [0.29, 0.717) is 5.56 Å². The SMILES string of the molecule is CCc1ccc(C(=O)C#CN2CCCC2)cc1. The van der Waals surface area contributed by atoms with Crippen molar-refractivity contribution in [3.8, 4) is 12.0 Å². The highest BCUT2D eigenvalue weighted by molar-refractivity contribution is 6.08. The molecule has 0 aliphatic carbocycles. The van der Waals surface area contributed by atoms with Crippen LogP contribution in [0, 0.1) is 12.0 Å². The molecule has 0 unspecified atom stereocenters. The first kappa shape index (κ1) is 11.7. The van der Waals surface area contributed by atoms with Crippen LogP contribution >= 0.6 is 0 Å². The summed E-state index contributed by atoms with van der Waals surface area (Å²) in [5.74, 6) is 2.63. The molecule has 2 heteroatoms. The van der Waals surface area contributed by atoms with Gasteiger partial charge in [0.1, 0.15) is 0 Å². The summed E-state index contributed by atoms with van der Waals surface area (Å²) in [6.45, 7) is 4.09. The molecule has 1 aliphatic heterocycles. The van der Waals surface area contributed by atoms with Gasteiger partial charge in [-0.3, -0.25) is 4.79 Å². The molecule has 1 aromatic carbocycles. The summed E-state index contributed by atoms with van der Waals surface area (Å²) in [6.07, 6.45) is 3.37. The number of likely N-dealkylation sites (tertiary alicyclic amines) is 1. The first-order valence-electron chi connectivity index (χ1n) is 6.19. The van der Waals surface area contributed by atoms with Crippen LogP contribution in [0.3, 0.4) is 0 Å². The fraction of sp³-hybridized carbons (Fsp3) is 0.400. The van der Waals surface area contributed by atoms with Crippen molar-refractivity contribution in [2.45, 2.75) is 26.2 Å². The minimum absolute atomic E-state index is 0.0837. The number of hydrogen-bond donors (Lipinski definition) is 0. The van der Waals surface area contributed by atoms with Crippen molar-refractivity contribution in [2.75, 3.05) is 13.1 Å². The highest BCUT2D eigenvalue weighted by atomic mass is 16.1. The molecule has 2 nitrogen and oxygen atoms in total. The number of nitrogens with zero attached hydrogens (tertiary/aromatic N) is 1. The number of ketones is 1. The van der Waals surface area contributed by atoms with Crippen LogP contribution in [0.4, 0.5) is 0 Å². The summed E-state index contributed by atoms with van der Waals surface area (Å²) in [4.78, 5) is 13.8. The molecule has 0 amide bonds. The predicted octanol–water partition coefficient (Wildman–Crippen LogP) is 2.49. The van der Waals surface area contributed by atoms with Crippen LogP contribution in [-0.2, 0) is 6.42 Å². The predicted molar refractivity (Wildman–Crippen MR) is 68.7 cm³/mol. The van der Waals surface area contributed by atoms with Gasteiger partial charge in [-0.25, -0.2) is 0 Å². The van der Waals surface area contributed by atoms with E-state index in [1.165, 1.54) is 18.4 Å². The van der Waals surface area contributed by atoms with Crippen LogP contribution < -0.4 is 0 Å². The summed E-state index contributed by atoms with van der Waals surface area (Å²) in [5, 5.41) is 0. The van der Waals surface area contributed by atoms with E-state index < -0.39 is 0 Å². The Bertz CT molecular complexity index is 444. The molecule has 1 heterocycles. The highest BCUT2D eigenvalue weighted by Gasteiger charge is 2.07. The van der Waals surface area contributed by atoms with Crippen molar-refractivity contribution in [2.24, 2.45) is 0 Å². The molecule has 0 aromatic heterocycles. The lowest BCUT2D eigenvalue weighted by Gasteiger charge is -2.05. The lowest BCUT2D eigenvalue weighted by molar-refractivity contribution is 0.105. The molecule has 0 spiro atoms. The maximum Gasteiger partial charge on any atom is 0.237 e. The van der Waals surface area contributed by atoms with Crippen molar-refractivity contribution in [1.82, 2.24) is 4.90 Å². The third-order valence-electron chi connectivity index (χ3n) is 3.06. The van der Waals surface area contributed by atoms with Crippen LogP contribution in [0.2, 0.25) is 0 Å². The van der Waals surface area contributed by atoms with Crippen LogP contribution in [0.25, 0.3) is 0 Å². The van der Waals surface area contributed by atoms with Crippen LogP contribution in [0.15, 0.2) is 24.3 Å². The topological polar surface area (TPSA) is 20.3 Å². The Labute approximate surface area is 103 Å². The number of rotatable bonds is 2. The first-order valence-corrected chi connectivity index (χ1v) is 6.19. The summed E-state index contributed by atoms with van der Waals surface area (Å²) in [5.41, 5.74) is 1.93. The van der Waals surface area contributed by atoms with Gasteiger partial charge >= 0.3 is 0 Å². The average Bonchev–Trinajstić information content (AvgIpc) is 2.89.